The van der Waals surface area contributed by atoms with E-state index in [0.717, 1.165) is 0 Å². The molecule has 0 aromatic carbocycles. The summed E-state index contributed by atoms with van der Waals surface area (Å²) in [5, 5.41) is 0. The molecule has 1 unspecified atom stereocenters. The molecule has 76 valence electrons. The topological polar surface area (TPSA) is 46.6 Å². The second-order valence-corrected chi connectivity index (χ2v) is 2.96. The highest BCUT2D eigenvalue weighted by atomic mass is 16.5. The Morgan fingerprint density at radius 1 is 1.86 bits per heavy atom. The molecule has 14 heavy (non-hydrogen) atoms. The van der Waals surface area contributed by atoms with Crippen LogP contribution in [0.1, 0.15) is 6.42 Å². The number of amides is 1. The van der Waals surface area contributed by atoms with Gasteiger partial charge in [0.25, 0.3) is 0 Å². The van der Waals surface area contributed by atoms with Crippen LogP contribution in [0.2, 0.25) is 0 Å². The van der Waals surface area contributed by atoms with Crippen molar-refractivity contribution in [2.24, 2.45) is 0 Å². The number of carbonyl (C=O) groups is 2. The molecule has 0 saturated heterocycles. The van der Waals surface area contributed by atoms with Crippen LogP contribution in [0.5, 0.6) is 0 Å². The third kappa shape index (κ3) is 2.02. The zero-order valence-electron chi connectivity index (χ0n) is 8.10. The zero-order valence-corrected chi connectivity index (χ0v) is 8.10. The number of methoxy groups -OCH3 is 1. The second-order valence-electron chi connectivity index (χ2n) is 2.96. The number of hydrogen-bond donors (Lipinski definition) is 0. The van der Waals surface area contributed by atoms with Gasteiger partial charge in [-0.1, -0.05) is 12.2 Å². The number of hydrogen-bond acceptors (Lipinski definition) is 3. The first-order chi connectivity index (χ1) is 6.70. The highest BCUT2D eigenvalue weighted by molar-refractivity contribution is 5.93. The fourth-order valence-corrected chi connectivity index (χ4v) is 1.38. The molecular weight excluding hydrogens is 182 g/mol. The van der Waals surface area contributed by atoms with Gasteiger partial charge in [0.15, 0.2) is 0 Å². The van der Waals surface area contributed by atoms with E-state index < -0.39 is 12.0 Å². The van der Waals surface area contributed by atoms with Crippen molar-refractivity contribution in [1.29, 1.82) is 0 Å². The van der Waals surface area contributed by atoms with Crippen LogP contribution in [0.25, 0.3) is 0 Å². The Morgan fingerprint density at radius 3 is 3.00 bits per heavy atom. The third-order valence-corrected chi connectivity index (χ3v) is 2.09. The highest BCUT2D eigenvalue weighted by Crippen LogP contribution is 2.12. The SMILES string of the molecule is C=CCC(C(=O)OC)N1CC=CC1=O. The van der Waals surface area contributed by atoms with Crippen molar-refractivity contribution in [3.63, 3.8) is 0 Å². The van der Waals surface area contributed by atoms with Crippen LogP contribution in [0.3, 0.4) is 0 Å². The molecule has 1 aliphatic heterocycles. The van der Waals surface area contributed by atoms with Gasteiger partial charge in [0.2, 0.25) is 5.91 Å². The first-order valence-corrected chi connectivity index (χ1v) is 4.36. The van der Waals surface area contributed by atoms with Gasteiger partial charge in [-0.3, -0.25) is 4.79 Å². The van der Waals surface area contributed by atoms with Crippen molar-refractivity contribution in [2.45, 2.75) is 12.5 Å². The largest absolute Gasteiger partial charge is 0.467 e. The number of nitrogens with zero attached hydrogens (tertiary/aromatic N) is 1. The number of ether oxygens (including phenoxy) is 1. The van der Waals surface area contributed by atoms with E-state index in [-0.39, 0.29) is 5.91 Å². The molecule has 1 aliphatic rings. The summed E-state index contributed by atoms with van der Waals surface area (Å²) in [7, 11) is 1.31. The standard InChI is InChI=1S/C10H13NO3/c1-3-5-8(10(13)14-2)11-7-4-6-9(11)12/h3-4,6,8H,1,5,7H2,2H3. The minimum atomic E-state index is -0.542. The maximum atomic E-state index is 11.3. The van der Waals surface area contributed by atoms with E-state index >= 15 is 0 Å². The van der Waals surface area contributed by atoms with E-state index in [1.165, 1.54) is 18.1 Å². The summed E-state index contributed by atoms with van der Waals surface area (Å²) in [6, 6.07) is -0.542. The van der Waals surface area contributed by atoms with Crippen LogP contribution >= 0.6 is 0 Å². The summed E-state index contributed by atoms with van der Waals surface area (Å²) >= 11 is 0. The lowest BCUT2D eigenvalue weighted by Crippen LogP contribution is -2.42. The predicted octanol–water partition coefficient (Wildman–Crippen LogP) is 0.502. The van der Waals surface area contributed by atoms with Crippen LogP contribution in [0.4, 0.5) is 0 Å². The van der Waals surface area contributed by atoms with Gasteiger partial charge in [-0.2, -0.15) is 0 Å². The Labute approximate surface area is 82.8 Å². The molecule has 1 atom stereocenters. The Bertz CT molecular complexity index is 283. The first-order valence-electron chi connectivity index (χ1n) is 4.36. The summed E-state index contributed by atoms with van der Waals surface area (Å²) in [5.74, 6) is -0.552. The molecule has 0 aromatic rings. The molecule has 1 amide bonds. The maximum absolute atomic E-state index is 11.3. The fraction of sp³-hybridized carbons (Fsp3) is 0.400. The zero-order chi connectivity index (χ0) is 10.6. The van der Waals surface area contributed by atoms with Crippen LogP contribution in [-0.2, 0) is 14.3 Å². The summed E-state index contributed by atoms with van der Waals surface area (Å²) in [5.41, 5.74) is 0. The van der Waals surface area contributed by atoms with Gasteiger partial charge in [0.05, 0.1) is 7.11 Å². The summed E-state index contributed by atoms with van der Waals surface area (Å²) in [4.78, 5) is 24.1. The van der Waals surface area contributed by atoms with E-state index in [9.17, 15) is 9.59 Å². The Kier molecular flexibility index (Phi) is 3.45. The summed E-state index contributed by atoms with van der Waals surface area (Å²) in [6.45, 7) is 4.01. The van der Waals surface area contributed by atoms with Gasteiger partial charge in [-0.15, -0.1) is 6.58 Å². The van der Waals surface area contributed by atoms with Gasteiger partial charge in [0.1, 0.15) is 6.04 Å². The molecule has 0 N–H and O–H groups in total. The van der Waals surface area contributed by atoms with E-state index in [1.807, 2.05) is 0 Å². The van der Waals surface area contributed by atoms with Crippen LogP contribution in [0.15, 0.2) is 24.8 Å². The summed E-state index contributed by atoms with van der Waals surface area (Å²) < 4.78 is 4.62. The van der Waals surface area contributed by atoms with Crippen molar-refractivity contribution in [3.05, 3.63) is 24.8 Å². The highest BCUT2D eigenvalue weighted by Gasteiger charge is 2.29. The molecule has 4 heteroatoms. The Balaban J connectivity index is 2.72. The first kappa shape index (κ1) is 10.5. The molecule has 0 fully saturated rings. The van der Waals surface area contributed by atoms with Crippen molar-refractivity contribution in [3.8, 4) is 0 Å². The second kappa shape index (κ2) is 4.60. The number of rotatable bonds is 4. The van der Waals surface area contributed by atoms with Crippen molar-refractivity contribution >= 4 is 11.9 Å². The molecule has 4 nitrogen and oxygen atoms in total. The minimum absolute atomic E-state index is 0.151. The minimum Gasteiger partial charge on any atom is -0.467 e. The monoisotopic (exact) mass is 195 g/mol. The molecule has 0 radical (unpaired) electrons. The van der Waals surface area contributed by atoms with Gasteiger partial charge >= 0.3 is 5.97 Å². The van der Waals surface area contributed by atoms with E-state index in [0.29, 0.717) is 13.0 Å². The summed E-state index contributed by atoms with van der Waals surface area (Å²) in [6.07, 6.45) is 5.20. The normalized spacial score (nSPS) is 16.9. The molecule has 0 saturated carbocycles. The van der Waals surface area contributed by atoms with E-state index in [1.54, 1.807) is 12.2 Å². The lowest BCUT2D eigenvalue weighted by Gasteiger charge is -2.24. The molecule has 1 heterocycles. The number of carbonyl (C=O) groups excluding carboxylic acids is 2. The van der Waals surface area contributed by atoms with Gasteiger partial charge < -0.3 is 9.64 Å². The van der Waals surface area contributed by atoms with Crippen LogP contribution < -0.4 is 0 Å². The van der Waals surface area contributed by atoms with Crippen LogP contribution in [-0.4, -0.2) is 36.5 Å². The fourth-order valence-electron chi connectivity index (χ4n) is 1.38. The molecule has 0 aliphatic carbocycles. The molecule has 0 aromatic heterocycles. The van der Waals surface area contributed by atoms with Gasteiger partial charge in [0, 0.05) is 12.6 Å². The van der Waals surface area contributed by atoms with Crippen LogP contribution in [0, 0.1) is 0 Å². The average Bonchev–Trinajstić information content (AvgIpc) is 2.60. The van der Waals surface area contributed by atoms with Crippen molar-refractivity contribution < 1.29 is 14.3 Å². The predicted molar refractivity (Wildman–Crippen MR) is 51.5 cm³/mol. The average molecular weight is 195 g/mol. The van der Waals surface area contributed by atoms with Gasteiger partial charge in [-0.05, 0) is 6.42 Å². The number of esters is 1. The van der Waals surface area contributed by atoms with E-state index in [2.05, 4.69) is 11.3 Å². The molecular formula is C10H13NO3. The lowest BCUT2D eigenvalue weighted by atomic mass is 10.2. The molecule has 1 rings (SSSR count). The van der Waals surface area contributed by atoms with E-state index in [4.69, 9.17) is 0 Å². The van der Waals surface area contributed by atoms with Gasteiger partial charge in [-0.25, -0.2) is 4.79 Å². The maximum Gasteiger partial charge on any atom is 0.328 e. The smallest absolute Gasteiger partial charge is 0.328 e. The molecule has 0 spiro atoms. The van der Waals surface area contributed by atoms with Crippen molar-refractivity contribution in [1.82, 2.24) is 4.90 Å². The third-order valence-electron chi connectivity index (χ3n) is 2.09. The quantitative estimate of drug-likeness (QED) is 0.485. The Hall–Kier alpha value is -1.58. The molecule has 0 bridgehead atoms. The Morgan fingerprint density at radius 2 is 2.57 bits per heavy atom. The van der Waals surface area contributed by atoms with Crippen molar-refractivity contribution in [2.75, 3.05) is 13.7 Å². The lowest BCUT2D eigenvalue weighted by molar-refractivity contribution is -0.150.